The van der Waals surface area contributed by atoms with Crippen molar-refractivity contribution in [3.05, 3.63) is 46.2 Å². The summed E-state index contributed by atoms with van der Waals surface area (Å²) in [5.41, 5.74) is 1.70. The summed E-state index contributed by atoms with van der Waals surface area (Å²) in [6, 6.07) is 9.92. The van der Waals surface area contributed by atoms with Crippen LogP contribution in [0.4, 0.5) is 11.8 Å². The predicted octanol–water partition coefficient (Wildman–Crippen LogP) is 15.8. The van der Waals surface area contributed by atoms with E-state index in [1.807, 2.05) is 19.1 Å². The number of H-pyrrole nitrogens is 1. The molecule has 0 atom stereocenters. The van der Waals surface area contributed by atoms with Gasteiger partial charge >= 0.3 is 0 Å². The number of aromatic nitrogens is 4. The van der Waals surface area contributed by atoms with Crippen LogP contribution in [-0.2, 0) is 6.54 Å². The van der Waals surface area contributed by atoms with Crippen molar-refractivity contribution in [2.24, 2.45) is 0 Å². The molecule has 65 heavy (non-hydrogen) atoms. The zero-order valence-corrected chi connectivity index (χ0v) is 41.6. The van der Waals surface area contributed by atoms with Crippen LogP contribution in [0.15, 0.2) is 35.1 Å². The highest BCUT2D eigenvalue weighted by Crippen LogP contribution is 2.40. The standard InChI is InChI=1S/C55H90N6O4/c1-5-9-12-15-18-21-24-27-30-33-38-63-48-41-45(44-57-50-37-36-46-43-47-53(59-52(46)58-50)60-55(56-8-4)61-54(47)62)42-49(64-39-34-31-28-25-22-19-16-13-10-6-2)51(48)65-40-35-32-29-26-23-20-17-14-11-7-3/h36-37,41-43H,5-35,38-40,44H2,1-4H3,(H3,56,57,58,59,60,61,62). The van der Waals surface area contributed by atoms with E-state index in [1.165, 1.54) is 173 Å². The van der Waals surface area contributed by atoms with Gasteiger partial charge in [0.25, 0.3) is 5.56 Å². The maximum atomic E-state index is 12.8. The summed E-state index contributed by atoms with van der Waals surface area (Å²) in [4.78, 5) is 29.6. The van der Waals surface area contributed by atoms with E-state index in [-0.39, 0.29) is 5.56 Å². The number of hydrogen-bond acceptors (Lipinski definition) is 9. The van der Waals surface area contributed by atoms with E-state index >= 15 is 0 Å². The lowest BCUT2D eigenvalue weighted by atomic mass is 10.1. The minimum atomic E-state index is -0.226. The van der Waals surface area contributed by atoms with Crippen molar-refractivity contribution in [2.75, 3.05) is 37.0 Å². The molecule has 3 aromatic heterocycles. The zero-order chi connectivity index (χ0) is 46.0. The summed E-state index contributed by atoms with van der Waals surface area (Å²) in [6.45, 7) is 11.9. The topological polar surface area (TPSA) is 123 Å². The van der Waals surface area contributed by atoms with Crippen LogP contribution >= 0.6 is 0 Å². The van der Waals surface area contributed by atoms with Gasteiger partial charge in [0.15, 0.2) is 22.8 Å². The highest BCUT2D eigenvalue weighted by molar-refractivity contribution is 5.89. The highest BCUT2D eigenvalue weighted by Gasteiger charge is 2.17. The Morgan fingerprint density at radius 2 is 0.923 bits per heavy atom. The Balaban J connectivity index is 1.44. The summed E-state index contributed by atoms with van der Waals surface area (Å²) in [6.07, 6.45) is 38.6. The lowest BCUT2D eigenvalue weighted by Crippen LogP contribution is -2.14. The average molecular weight is 899 g/mol. The molecule has 3 heterocycles. The van der Waals surface area contributed by atoms with E-state index in [1.54, 1.807) is 6.07 Å². The van der Waals surface area contributed by atoms with E-state index in [4.69, 9.17) is 19.2 Å². The molecule has 0 bridgehead atoms. The molecule has 0 aliphatic heterocycles. The molecule has 0 amide bonds. The predicted molar refractivity (Wildman–Crippen MR) is 275 cm³/mol. The van der Waals surface area contributed by atoms with Gasteiger partial charge in [-0.1, -0.05) is 194 Å². The van der Waals surface area contributed by atoms with E-state index in [0.717, 1.165) is 47.5 Å². The maximum Gasteiger partial charge on any atom is 0.261 e. The Hall–Kier alpha value is -4.08. The first-order valence-electron chi connectivity index (χ1n) is 26.8. The first-order chi connectivity index (χ1) is 32.1. The van der Waals surface area contributed by atoms with Crippen LogP contribution in [0, 0.1) is 0 Å². The van der Waals surface area contributed by atoms with Crippen molar-refractivity contribution in [2.45, 2.75) is 227 Å². The van der Waals surface area contributed by atoms with Crippen molar-refractivity contribution in [3.8, 4) is 17.2 Å². The van der Waals surface area contributed by atoms with Crippen molar-refractivity contribution in [1.29, 1.82) is 0 Å². The molecule has 10 heteroatoms. The second-order valence-electron chi connectivity index (χ2n) is 18.4. The number of unbranched alkanes of at least 4 members (excludes halogenated alkanes) is 27. The SMILES string of the molecule is CCCCCCCCCCCCOc1cc(CNc2ccc3cc4c(=O)[nH]c(NCC)nc4nc3n2)cc(OCCCCCCCCCCCC)c1OCCCCCCCCCCCC. The monoisotopic (exact) mass is 899 g/mol. The fraction of sp³-hybridized carbons (Fsp3) is 0.709. The van der Waals surface area contributed by atoms with Crippen LogP contribution in [-0.4, -0.2) is 46.3 Å². The summed E-state index contributed by atoms with van der Waals surface area (Å²) in [7, 11) is 0. The number of anilines is 2. The molecule has 0 aliphatic carbocycles. The van der Waals surface area contributed by atoms with Gasteiger partial charge in [0, 0.05) is 18.5 Å². The third-order valence-corrected chi connectivity index (χ3v) is 12.5. The highest BCUT2D eigenvalue weighted by atomic mass is 16.5. The van der Waals surface area contributed by atoms with Crippen LogP contribution in [0.25, 0.3) is 22.1 Å². The number of ether oxygens (including phenoxy) is 3. The molecule has 3 N–H and O–H groups in total. The maximum absolute atomic E-state index is 12.8. The van der Waals surface area contributed by atoms with Crippen LogP contribution in [0.1, 0.15) is 226 Å². The third-order valence-electron chi connectivity index (χ3n) is 12.5. The third kappa shape index (κ3) is 21.8. The van der Waals surface area contributed by atoms with E-state index in [2.05, 4.69) is 58.5 Å². The fourth-order valence-corrected chi connectivity index (χ4v) is 8.54. The second-order valence-corrected chi connectivity index (χ2v) is 18.4. The molecular weight excluding hydrogens is 809 g/mol. The normalized spacial score (nSPS) is 11.4. The lowest BCUT2D eigenvalue weighted by molar-refractivity contribution is 0.234. The number of rotatable bonds is 41. The molecule has 0 saturated carbocycles. The van der Waals surface area contributed by atoms with Crippen LogP contribution in [0.3, 0.4) is 0 Å². The Kier molecular flexibility index (Phi) is 28.2. The van der Waals surface area contributed by atoms with Crippen molar-refractivity contribution >= 4 is 33.8 Å². The average Bonchev–Trinajstić information content (AvgIpc) is 3.31. The smallest absolute Gasteiger partial charge is 0.261 e. The van der Waals surface area contributed by atoms with Gasteiger partial charge in [-0.25, -0.2) is 9.97 Å². The van der Waals surface area contributed by atoms with Crippen LogP contribution in [0.2, 0.25) is 0 Å². The molecule has 0 unspecified atom stereocenters. The number of nitrogens with zero attached hydrogens (tertiary/aromatic N) is 3. The van der Waals surface area contributed by atoms with Gasteiger partial charge in [-0.3, -0.25) is 9.78 Å². The first kappa shape index (κ1) is 53.5. The molecule has 0 spiro atoms. The van der Waals surface area contributed by atoms with Crippen molar-refractivity contribution < 1.29 is 14.2 Å². The van der Waals surface area contributed by atoms with Gasteiger partial charge in [0.2, 0.25) is 11.7 Å². The Morgan fingerprint density at radius 3 is 1.38 bits per heavy atom. The summed E-state index contributed by atoms with van der Waals surface area (Å²) in [5, 5.41) is 7.82. The number of hydrogen-bond donors (Lipinski definition) is 3. The zero-order valence-electron chi connectivity index (χ0n) is 41.6. The van der Waals surface area contributed by atoms with Crippen molar-refractivity contribution in [1.82, 2.24) is 19.9 Å². The molecule has 0 fully saturated rings. The Bertz CT molecular complexity index is 1850. The van der Waals surface area contributed by atoms with E-state index < -0.39 is 0 Å². The summed E-state index contributed by atoms with van der Waals surface area (Å²) in [5.74, 6) is 3.35. The largest absolute Gasteiger partial charge is 0.490 e. The molecule has 0 aliphatic rings. The van der Waals surface area contributed by atoms with Crippen LogP contribution < -0.4 is 30.4 Å². The summed E-state index contributed by atoms with van der Waals surface area (Å²) < 4.78 is 19.9. The van der Waals surface area contributed by atoms with Gasteiger partial charge < -0.3 is 24.8 Å². The second kappa shape index (κ2) is 34.3. The number of nitrogens with one attached hydrogen (secondary N) is 3. The first-order valence-corrected chi connectivity index (χ1v) is 26.8. The molecule has 0 saturated heterocycles. The molecule has 364 valence electrons. The minimum absolute atomic E-state index is 0.226. The number of aromatic amines is 1. The number of fused-ring (bicyclic) bond motifs is 2. The van der Waals surface area contributed by atoms with Gasteiger partial charge in [-0.2, -0.15) is 4.98 Å². The molecule has 4 aromatic rings. The van der Waals surface area contributed by atoms with E-state index in [0.29, 0.717) is 61.4 Å². The fourth-order valence-electron chi connectivity index (χ4n) is 8.54. The molecule has 0 radical (unpaired) electrons. The van der Waals surface area contributed by atoms with Gasteiger partial charge in [-0.05, 0) is 62.1 Å². The lowest BCUT2D eigenvalue weighted by Gasteiger charge is -2.19. The summed E-state index contributed by atoms with van der Waals surface area (Å²) >= 11 is 0. The molecular formula is C55H90N6O4. The number of pyridine rings is 2. The molecule has 10 nitrogen and oxygen atoms in total. The number of benzene rings is 1. The van der Waals surface area contributed by atoms with Gasteiger partial charge in [-0.15, -0.1) is 0 Å². The Morgan fingerprint density at radius 1 is 0.477 bits per heavy atom. The molecule has 4 rings (SSSR count). The quantitative estimate of drug-likeness (QED) is 0.0295. The van der Waals surface area contributed by atoms with Gasteiger partial charge in [0.1, 0.15) is 5.82 Å². The Labute approximate surface area is 394 Å². The molecule has 1 aromatic carbocycles. The van der Waals surface area contributed by atoms with E-state index in [9.17, 15) is 4.79 Å². The minimum Gasteiger partial charge on any atom is -0.490 e. The van der Waals surface area contributed by atoms with Gasteiger partial charge in [0.05, 0.1) is 25.2 Å². The van der Waals surface area contributed by atoms with Crippen LogP contribution in [0.5, 0.6) is 17.2 Å². The van der Waals surface area contributed by atoms with Crippen molar-refractivity contribution in [3.63, 3.8) is 0 Å².